The largest absolute Gasteiger partial charge is 0.312 e. The molecular formula is C13H20ClN3O2. The predicted molar refractivity (Wildman–Crippen MR) is 77.8 cm³/mol. The van der Waals surface area contributed by atoms with Crippen molar-refractivity contribution in [2.75, 3.05) is 19.6 Å². The second kappa shape index (κ2) is 6.84. The molecule has 0 saturated carbocycles. The molecule has 106 valence electrons. The van der Waals surface area contributed by atoms with Crippen molar-refractivity contribution in [1.82, 2.24) is 10.2 Å². The molecule has 2 rings (SSSR count). The number of nitro groups is 1. The smallest absolute Gasteiger partial charge is 0.269 e. The maximum atomic E-state index is 10.8. The quantitative estimate of drug-likeness (QED) is 0.684. The van der Waals surface area contributed by atoms with Crippen molar-refractivity contribution < 1.29 is 4.92 Å². The molecule has 0 spiro atoms. The lowest BCUT2D eigenvalue weighted by Crippen LogP contribution is -2.49. The maximum absolute atomic E-state index is 10.8. The van der Waals surface area contributed by atoms with Gasteiger partial charge in [-0.1, -0.05) is 12.1 Å². The SMILES string of the molecule is CC1CN(C(C)c2cccc([N+](=O)[O-])c2)CCN1.Cl. The molecule has 2 unspecified atom stereocenters. The highest BCUT2D eigenvalue weighted by molar-refractivity contribution is 5.85. The standard InChI is InChI=1S/C13H19N3O2.ClH/c1-10-9-15(7-6-14-10)11(2)12-4-3-5-13(8-12)16(17)18;/h3-5,8,10-11,14H,6-7,9H2,1-2H3;1H. The number of piperazine rings is 1. The van der Waals surface area contributed by atoms with Gasteiger partial charge in [0.15, 0.2) is 0 Å². The Morgan fingerprint density at radius 3 is 2.89 bits per heavy atom. The van der Waals surface area contributed by atoms with E-state index in [0.717, 1.165) is 25.2 Å². The highest BCUT2D eigenvalue weighted by Gasteiger charge is 2.22. The molecule has 0 aliphatic carbocycles. The van der Waals surface area contributed by atoms with Crippen LogP contribution in [0.1, 0.15) is 25.5 Å². The van der Waals surface area contributed by atoms with Gasteiger partial charge >= 0.3 is 0 Å². The Kier molecular flexibility index (Phi) is 5.72. The Morgan fingerprint density at radius 1 is 1.53 bits per heavy atom. The molecule has 1 aliphatic rings. The summed E-state index contributed by atoms with van der Waals surface area (Å²) in [5.74, 6) is 0. The molecule has 1 aromatic carbocycles. The van der Waals surface area contributed by atoms with Crippen molar-refractivity contribution in [3.05, 3.63) is 39.9 Å². The zero-order valence-electron chi connectivity index (χ0n) is 11.2. The number of nitrogens with one attached hydrogen (secondary N) is 1. The van der Waals surface area contributed by atoms with Crippen molar-refractivity contribution in [1.29, 1.82) is 0 Å². The van der Waals surface area contributed by atoms with Crippen molar-refractivity contribution in [3.63, 3.8) is 0 Å². The first-order valence-corrected chi connectivity index (χ1v) is 6.29. The van der Waals surface area contributed by atoms with E-state index in [2.05, 4.69) is 24.1 Å². The first kappa shape index (κ1) is 15.9. The molecule has 1 heterocycles. The fourth-order valence-corrected chi connectivity index (χ4v) is 2.42. The minimum absolute atomic E-state index is 0. The third-order valence-corrected chi connectivity index (χ3v) is 3.51. The molecule has 1 aliphatic heterocycles. The summed E-state index contributed by atoms with van der Waals surface area (Å²) >= 11 is 0. The van der Waals surface area contributed by atoms with Crippen LogP contribution < -0.4 is 5.32 Å². The molecule has 0 bridgehead atoms. The van der Waals surface area contributed by atoms with E-state index in [1.165, 1.54) is 6.07 Å². The van der Waals surface area contributed by atoms with Crippen LogP contribution in [0.15, 0.2) is 24.3 Å². The van der Waals surface area contributed by atoms with E-state index >= 15 is 0 Å². The summed E-state index contributed by atoms with van der Waals surface area (Å²) in [7, 11) is 0. The third-order valence-electron chi connectivity index (χ3n) is 3.51. The molecule has 19 heavy (non-hydrogen) atoms. The summed E-state index contributed by atoms with van der Waals surface area (Å²) in [4.78, 5) is 12.8. The summed E-state index contributed by atoms with van der Waals surface area (Å²) < 4.78 is 0. The molecule has 1 aromatic rings. The van der Waals surface area contributed by atoms with Crippen molar-refractivity contribution in [2.24, 2.45) is 0 Å². The second-order valence-electron chi connectivity index (χ2n) is 4.88. The van der Waals surface area contributed by atoms with Crippen LogP contribution in [0.4, 0.5) is 5.69 Å². The molecule has 1 N–H and O–H groups in total. The second-order valence-corrected chi connectivity index (χ2v) is 4.88. The van der Waals surface area contributed by atoms with E-state index in [-0.39, 0.29) is 29.1 Å². The third kappa shape index (κ3) is 3.89. The Bertz CT molecular complexity index is 442. The molecular weight excluding hydrogens is 266 g/mol. The van der Waals surface area contributed by atoms with Crippen LogP contribution in [0.5, 0.6) is 0 Å². The van der Waals surface area contributed by atoms with E-state index < -0.39 is 0 Å². The van der Waals surface area contributed by atoms with Gasteiger partial charge in [0, 0.05) is 43.9 Å². The molecule has 1 saturated heterocycles. The Hall–Kier alpha value is -1.17. The van der Waals surface area contributed by atoms with Gasteiger partial charge in [0.2, 0.25) is 0 Å². The van der Waals surface area contributed by atoms with Gasteiger partial charge in [0.05, 0.1) is 4.92 Å². The minimum Gasteiger partial charge on any atom is -0.312 e. The molecule has 0 amide bonds. The fraction of sp³-hybridized carbons (Fsp3) is 0.538. The highest BCUT2D eigenvalue weighted by Crippen LogP contribution is 2.24. The van der Waals surface area contributed by atoms with Gasteiger partial charge in [-0.25, -0.2) is 0 Å². The zero-order chi connectivity index (χ0) is 13.1. The molecule has 0 aromatic heterocycles. The average Bonchev–Trinajstić information content (AvgIpc) is 2.38. The van der Waals surface area contributed by atoms with E-state index in [9.17, 15) is 10.1 Å². The van der Waals surface area contributed by atoms with Crippen LogP contribution in [0.2, 0.25) is 0 Å². The van der Waals surface area contributed by atoms with Crippen LogP contribution >= 0.6 is 12.4 Å². The number of benzene rings is 1. The minimum atomic E-state index is -0.337. The number of hydrogen-bond donors (Lipinski definition) is 1. The van der Waals surface area contributed by atoms with Gasteiger partial charge in [0.1, 0.15) is 0 Å². The number of nitro benzene ring substituents is 1. The number of hydrogen-bond acceptors (Lipinski definition) is 4. The lowest BCUT2D eigenvalue weighted by molar-refractivity contribution is -0.384. The van der Waals surface area contributed by atoms with E-state index in [0.29, 0.717) is 6.04 Å². The van der Waals surface area contributed by atoms with Crippen LogP contribution in [-0.2, 0) is 0 Å². The summed E-state index contributed by atoms with van der Waals surface area (Å²) in [6.07, 6.45) is 0. The van der Waals surface area contributed by atoms with E-state index in [1.54, 1.807) is 12.1 Å². The molecule has 0 radical (unpaired) electrons. The van der Waals surface area contributed by atoms with Gasteiger partial charge < -0.3 is 5.32 Å². The van der Waals surface area contributed by atoms with Gasteiger partial charge in [0.25, 0.3) is 5.69 Å². The Morgan fingerprint density at radius 2 is 2.26 bits per heavy atom. The van der Waals surface area contributed by atoms with Crippen molar-refractivity contribution >= 4 is 18.1 Å². The topological polar surface area (TPSA) is 58.4 Å². The highest BCUT2D eigenvalue weighted by atomic mass is 35.5. The fourth-order valence-electron chi connectivity index (χ4n) is 2.42. The van der Waals surface area contributed by atoms with Gasteiger partial charge in [-0.05, 0) is 19.4 Å². The van der Waals surface area contributed by atoms with Crippen LogP contribution in [-0.4, -0.2) is 35.5 Å². The lowest BCUT2D eigenvalue weighted by Gasteiger charge is -2.36. The van der Waals surface area contributed by atoms with Crippen molar-refractivity contribution in [3.8, 4) is 0 Å². The Labute approximate surface area is 119 Å². The number of nitrogens with zero attached hydrogens (tertiary/aromatic N) is 2. The lowest BCUT2D eigenvalue weighted by atomic mass is 10.0. The average molecular weight is 286 g/mol. The van der Waals surface area contributed by atoms with Crippen LogP contribution in [0.25, 0.3) is 0 Å². The first-order chi connectivity index (χ1) is 8.58. The Balaban J connectivity index is 0.00000180. The molecule has 2 atom stereocenters. The number of non-ortho nitro benzene ring substituents is 1. The monoisotopic (exact) mass is 285 g/mol. The predicted octanol–water partition coefficient (Wildman–Crippen LogP) is 2.37. The van der Waals surface area contributed by atoms with E-state index in [1.807, 2.05) is 6.07 Å². The zero-order valence-corrected chi connectivity index (χ0v) is 12.0. The number of rotatable bonds is 3. The normalized spacial score (nSPS) is 21.5. The summed E-state index contributed by atoms with van der Waals surface area (Å²) in [6.45, 7) is 7.20. The summed E-state index contributed by atoms with van der Waals surface area (Å²) in [6, 6.07) is 7.63. The van der Waals surface area contributed by atoms with Crippen LogP contribution in [0.3, 0.4) is 0 Å². The summed E-state index contributed by atoms with van der Waals surface area (Å²) in [5.41, 5.74) is 1.18. The van der Waals surface area contributed by atoms with E-state index in [4.69, 9.17) is 0 Å². The molecule has 1 fully saturated rings. The van der Waals surface area contributed by atoms with Crippen LogP contribution in [0, 0.1) is 10.1 Å². The maximum Gasteiger partial charge on any atom is 0.269 e. The first-order valence-electron chi connectivity index (χ1n) is 6.29. The number of halogens is 1. The molecule has 6 heteroatoms. The van der Waals surface area contributed by atoms with Gasteiger partial charge in [-0.2, -0.15) is 0 Å². The molecule has 5 nitrogen and oxygen atoms in total. The van der Waals surface area contributed by atoms with Crippen molar-refractivity contribution in [2.45, 2.75) is 25.9 Å². The van der Waals surface area contributed by atoms with Gasteiger partial charge in [-0.3, -0.25) is 15.0 Å². The summed E-state index contributed by atoms with van der Waals surface area (Å²) in [5, 5.41) is 14.2. The van der Waals surface area contributed by atoms with Gasteiger partial charge in [-0.15, -0.1) is 12.4 Å².